The van der Waals surface area contributed by atoms with Crippen molar-refractivity contribution >= 4 is 5.91 Å². The molecule has 2 aromatic rings. The van der Waals surface area contributed by atoms with Crippen LogP contribution in [0.4, 0.5) is 13.2 Å². The Kier molecular flexibility index (Phi) is 5.05. The zero-order chi connectivity index (χ0) is 19.9. The number of aromatic nitrogens is 4. The summed E-state index contributed by atoms with van der Waals surface area (Å²) in [6, 6.07) is -0.0664. The highest BCUT2D eigenvalue weighted by atomic mass is 19.4. The van der Waals surface area contributed by atoms with E-state index in [2.05, 4.69) is 15.5 Å². The summed E-state index contributed by atoms with van der Waals surface area (Å²) in [6.07, 6.45) is -1.17. The van der Waals surface area contributed by atoms with Crippen molar-refractivity contribution in [3.8, 4) is 0 Å². The van der Waals surface area contributed by atoms with Crippen LogP contribution < -0.4 is 5.32 Å². The molecule has 0 aliphatic heterocycles. The summed E-state index contributed by atoms with van der Waals surface area (Å²) >= 11 is 0. The number of hydrogen-bond donors (Lipinski definition) is 1. The van der Waals surface area contributed by atoms with Crippen molar-refractivity contribution in [3.05, 3.63) is 34.9 Å². The van der Waals surface area contributed by atoms with Gasteiger partial charge in [0.05, 0.1) is 12.2 Å². The van der Waals surface area contributed by atoms with E-state index in [0.717, 1.165) is 36.7 Å². The van der Waals surface area contributed by atoms with Crippen molar-refractivity contribution in [2.45, 2.75) is 71.3 Å². The first-order valence-corrected chi connectivity index (χ1v) is 9.12. The summed E-state index contributed by atoms with van der Waals surface area (Å²) in [6.45, 7) is 8.03. The number of alkyl halides is 3. The Labute approximate surface area is 155 Å². The molecule has 6 nitrogen and oxygen atoms in total. The molecular weight excluding hydrogens is 359 g/mol. The molecular formula is C18H24F3N5O. The van der Waals surface area contributed by atoms with Crippen LogP contribution >= 0.6 is 0 Å². The van der Waals surface area contributed by atoms with Gasteiger partial charge >= 0.3 is 6.18 Å². The van der Waals surface area contributed by atoms with Crippen molar-refractivity contribution < 1.29 is 18.0 Å². The van der Waals surface area contributed by atoms with Crippen LogP contribution in [0.3, 0.4) is 0 Å². The van der Waals surface area contributed by atoms with Gasteiger partial charge in [0.1, 0.15) is 6.04 Å². The highest BCUT2D eigenvalue weighted by Crippen LogP contribution is 2.43. The van der Waals surface area contributed by atoms with Gasteiger partial charge in [0, 0.05) is 29.4 Å². The number of carbonyl (C=O) groups excluding carboxylic acids is 1. The fraction of sp³-hybridized carbons (Fsp3) is 0.611. The van der Waals surface area contributed by atoms with Gasteiger partial charge in [0.15, 0.2) is 5.69 Å². The Hall–Kier alpha value is -2.32. The highest BCUT2D eigenvalue weighted by molar-refractivity contribution is 5.80. The SMILES string of the molecule is CCn1ncc(C(C)NC(=O)C(C)n2nc(C(F)(F)F)cc2C2CC2)c1C. The third kappa shape index (κ3) is 3.86. The first-order valence-electron chi connectivity index (χ1n) is 9.12. The van der Waals surface area contributed by atoms with Crippen molar-refractivity contribution in [1.29, 1.82) is 0 Å². The fourth-order valence-corrected chi connectivity index (χ4v) is 3.27. The molecule has 3 rings (SSSR count). The predicted molar refractivity (Wildman–Crippen MR) is 93.1 cm³/mol. The number of aryl methyl sites for hydroxylation is 1. The normalized spacial score (nSPS) is 17.0. The molecule has 1 N–H and O–H groups in total. The molecule has 1 saturated carbocycles. The third-order valence-corrected chi connectivity index (χ3v) is 5.06. The van der Waals surface area contributed by atoms with Gasteiger partial charge in [-0.25, -0.2) is 0 Å². The van der Waals surface area contributed by atoms with Gasteiger partial charge < -0.3 is 5.32 Å². The third-order valence-electron chi connectivity index (χ3n) is 5.06. The van der Waals surface area contributed by atoms with E-state index in [-0.39, 0.29) is 17.9 Å². The standard InChI is InChI=1S/C18H24F3N5O/c1-5-25-11(3)14(9-22-25)10(2)23-17(27)12(4)26-15(13-6-7-13)8-16(24-26)18(19,20)21/h8-10,12-13H,5-7H2,1-4H3,(H,23,27). The summed E-state index contributed by atoms with van der Waals surface area (Å²) < 4.78 is 42.2. The van der Waals surface area contributed by atoms with Gasteiger partial charge in [-0.05, 0) is 46.6 Å². The number of carbonyl (C=O) groups is 1. The van der Waals surface area contributed by atoms with Crippen LogP contribution in [0, 0.1) is 6.92 Å². The number of nitrogens with zero attached hydrogens (tertiary/aromatic N) is 4. The minimum Gasteiger partial charge on any atom is -0.348 e. The molecule has 2 heterocycles. The van der Waals surface area contributed by atoms with E-state index in [0.29, 0.717) is 5.69 Å². The van der Waals surface area contributed by atoms with Crippen LogP contribution in [-0.2, 0) is 17.5 Å². The lowest BCUT2D eigenvalue weighted by molar-refractivity contribution is -0.142. The van der Waals surface area contributed by atoms with E-state index < -0.39 is 17.9 Å². The summed E-state index contributed by atoms with van der Waals surface area (Å²) in [5.41, 5.74) is 1.37. The van der Waals surface area contributed by atoms with Crippen molar-refractivity contribution in [3.63, 3.8) is 0 Å². The second kappa shape index (κ2) is 7.01. The Morgan fingerprint density at radius 3 is 2.56 bits per heavy atom. The maximum absolute atomic E-state index is 13.1. The molecule has 2 atom stereocenters. The lowest BCUT2D eigenvalue weighted by atomic mass is 10.1. The molecule has 27 heavy (non-hydrogen) atoms. The maximum Gasteiger partial charge on any atom is 0.435 e. The Bertz CT molecular complexity index is 835. The molecule has 0 aromatic carbocycles. The number of amides is 1. The van der Waals surface area contributed by atoms with Gasteiger partial charge in [-0.2, -0.15) is 23.4 Å². The number of rotatable bonds is 6. The van der Waals surface area contributed by atoms with Gasteiger partial charge in [0.25, 0.3) is 0 Å². The summed E-state index contributed by atoms with van der Waals surface area (Å²) in [4.78, 5) is 12.7. The molecule has 1 aliphatic rings. The van der Waals surface area contributed by atoms with E-state index in [1.54, 1.807) is 13.1 Å². The largest absolute Gasteiger partial charge is 0.435 e. The lowest BCUT2D eigenvalue weighted by Crippen LogP contribution is -2.34. The topological polar surface area (TPSA) is 64.7 Å². The van der Waals surface area contributed by atoms with Crippen molar-refractivity contribution in [2.75, 3.05) is 0 Å². The second-order valence-electron chi connectivity index (χ2n) is 7.08. The summed E-state index contributed by atoms with van der Waals surface area (Å²) in [7, 11) is 0. The summed E-state index contributed by atoms with van der Waals surface area (Å²) in [5, 5.41) is 10.8. The van der Waals surface area contributed by atoms with Crippen LogP contribution in [0.5, 0.6) is 0 Å². The zero-order valence-corrected chi connectivity index (χ0v) is 15.8. The van der Waals surface area contributed by atoms with Crippen LogP contribution in [0.2, 0.25) is 0 Å². The molecule has 1 aliphatic carbocycles. The lowest BCUT2D eigenvalue weighted by Gasteiger charge is -2.19. The minimum atomic E-state index is -4.52. The Morgan fingerprint density at radius 1 is 1.37 bits per heavy atom. The number of hydrogen-bond acceptors (Lipinski definition) is 3. The Morgan fingerprint density at radius 2 is 2.04 bits per heavy atom. The molecule has 148 valence electrons. The van der Waals surface area contributed by atoms with Crippen LogP contribution in [0.25, 0.3) is 0 Å². The van der Waals surface area contributed by atoms with Gasteiger partial charge in [-0.15, -0.1) is 0 Å². The smallest absolute Gasteiger partial charge is 0.348 e. The molecule has 9 heteroatoms. The van der Waals surface area contributed by atoms with Gasteiger partial charge in [0.2, 0.25) is 5.91 Å². The molecule has 2 unspecified atom stereocenters. The molecule has 1 fully saturated rings. The number of nitrogens with one attached hydrogen (secondary N) is 1. The van der Waals surface area contributed by atoms with E-state index in [4.69, 9.17) is 0 Å². The first kappa shape index (κ1) is 19.4. The summed E-state index contributed by atoms with van der Waals surface area (Å²) in [5.74, 6) is -0.323. The predicted octanol–water partition coefficient (Wildman–Crippen LogP) is 3.74. The fourth-order valence-electron chi connectivity index (χ4n) is 3.27. The molecule has 0 bridgehead atoms. The zero-order valence-electron chi connectivity index (χ0n) is 15.8. The average Bonchev–Trinajstić information content (AvgIpc) is 3.22. The minimum absolute atomic E-state index is 0.0475. The molecule has 2 aromatic heterocycles. The second-order valence-corrected chi connectivity index (χ2v) is 7.08. The van der Waals surface area contributed by atoms with Crippen molar-refractivity contribution in [1.82, 2.24) is 24.9 Å². The van der Waals surface area contributed by atoms with Crippen LogP contribution in [0.1, 0.15) is 74.3 Å². The van der Waals surface area contributed by atoms with E-state index >= 15 is 0 Å². The highest BCUT2D eigenvalue weighted by Gasteiger charge is 2.39. The first-order chi connectivity index (χ1) is 12.6. The number of halogens is 3. The molecule has 0 radical (unpaired) electrons. The van der Waals surface area contributed by atoms with Gasteiger partial charge in [-0.1, -0.05) is 0 Å². The van der Waals surface area contributed by atoms with Crippen LogP contribution in [0.15, 0.2) is 12.3 Å². The maximum atomic E-state index is 13.1. The van der Waals surface area contributed by atoms with Gasteiger partial charge in [-0.3, -0.25) is 14.2 Å². The molecule has 1 amide bonds. The quantitative estimate of drug-likeness (QED) is 0.826. The monoisotopic (exact) mass is 383 g/mol. The molecule has 0 saturated heterocycles. The average molecular weight is 383 g/mol. The van der Waals surface area contributed by atoms with E-state index in [1.807, 2.05) is 25.5 Å². The van der Waals surface area contributed by atoms with E-state index in [1.165, 1.54) is 4.68 Å². The molecule has 0 spiro atoms. The Balaban J connectivity index is 1.79. The van der Waals surface area contributed by atoms with E-state index in [9.17, 15) is 18.0 Å². The van der Waals surface area contributed by atoms with Crippen molar-refractivity contribution in [2.24, 2.45) is 0 Å². The van der Waals surface area contributed by atoms with Crippen LogP contribution in [-0.4, -0.2) is 25.5 Å².